The van der Waals surface area contributed by atoms with Crippen LogP contribution >= 0.6 is 105 Å². The van der Waals surface area contributed by atoms with E-state index < -0.39 is 11.9 Å². The molecule has 0 saturated carbocycles. The van der Waals surface area contributed by atoms with Crippen molar-refractivity contribution in [2.75, 3.05) is 86.8 Å². The Hall–Kier alpha value is -0.656. The molecule has 2 aliphatic heterocycles. The molecule has 0 unspecified atom stereocenters. The zero-order chi connectivity index (χ0) is 41.2. The third kappa shape index (κ3) is 17.5. The molecule has 15 nitrogen and oxygen atoms in total. The van der Waals surface area contributed by atoms with E-state index in [2.05, 4.69) is 139 Å². The van der Waals surface area contributed by atoms with Crippen LogP contribution in [-0.4, -0.2) is 144 Å². The fraction of sp³-hybridized carbons (Fsp3) is 0.529. The summed E-state index contributed by atoms with van der Waals surface area (Å²) in [5.41, 5.74) is 1.72. The summed E-state index contributed by atoms with van der Waals surface area (Å²) in [5, 5.41) is 28.5. The molecule has 2 aliphatic rings. The van der Waals surface area contributed by atoms with Gasteiger partial charge in [-0.2, -0.15) is 0 Å². The molecule has 22 heteroatoms. The number of thiazole rings is 2. The monoisotopic (exact) mass is 1300 g/mol. The summed E-state index contributed by atoms with van der Waals surface area (Å²) in [7, 11) is 0. The Labute approximate surface area is 387 Å². The quantitative estimate of drug-likeness (QED) is 0.104. The number of aliphatic hydroxyl groups excluding tert-OH is 1. The Kier molecular flexibility index (Phi) is 23.6. The number of hydrogen-bond donors (Lipinski definition) is 3. The molecule has 4 aromatic rings. The summed E-state index contributed by atoms with van der Waals surface area (Å²) in [6.45, 7) is 15.6. The Morgan fingerprint density at radius 3 is 1.39 bits per heavy atom. The number of aliphatic hydroxyl groups is 1. The van der Waals surface area contributed by atoms with Crippen LogP contribution in [0, 0.1) is 13.8 Å². The number of anilines is 2. The van der Waals surface area contributed by atoms with E-state index in [0.29, 0.717) is 25.2 Å². The number of aromatic carboxylic acids is 2. The molecule has 6 rings (SSSR count). The van der Waals surface area contributed by atoms with Gasteiger partial charge in [-0.15, -0.1) is 22.7 Å². The molecule has 2 fully saturated rings. The van der Waals surface area contributed by atoms with E-state index in [1.807, 2.05) is 30.9 Å². The van der Waals surface area contributed by atoms with Crippen LogP contribution < -0.4 is 9.80 Å². The summed E-state index contributed by atoms with van der Waals surface area (Å²) in [4.78, 5) is 59.8. The van der Waals surface area contributed by atoms with E-state index in [9.17, 15) is 9.59 Å². The van der Waals surface area contributed by atoms with E-state index >= 15 is 0 Å². The zero-order valence-electron chi connectivity index (χ0n) is 31.6. The van der Waals surface area contributed by atoms with Crippen LogP contribution in [0.15, 0.2) is 24.5 Å². The molecular weight excluding hydrogens is 1250 g/mol. The predicted molar refractivity (Wildman–Crippen MR) is 254 cm³/mol. The van der Waals surface area contributed by atoms with Gasteiger partial charge in [0, 0.05) is 83.9 Å². The van der Waals surface area contributed by atoms with Crippen LogP contribution in [-0.2, 0) is 17.8 Å². The minimum atomic E-state index is -0.955. The molecule has 2 saturated heterocycles. The molecule has 6 heterocycles. The summed E-state index contributed by atoms with van der Waals surface area (Å²) >= 11 is 11.9. The molecular formula is C34H47I4N10O5S2V. The SMILES string of the molecule is CCCN1CCN(c2cc(Cc3ncc(C(=O)O)s3)nc(C)n2)CC1.CI.Cc1nc(Cc2ncc(C(=O)O)s2)cc(N2CCN(CCO)CC2)n1.[I][V]([I])[I]. The maximum absolute atomic E-state index is 11.0. The first-order chi connectivity index (χ1) is 26.8. The number of piperazine rings is 2. The van der Waals surface area contributed by atoms with Crippen molar-refractivity contribution in [2.24, 2.45) is 0 Å². The molecule has 0 aromatic carbocycles. The number of halogens is 4. The van der Waals surface area contributed by atoms with Gasteiger partial charge in [0.25, 0.3) is 0 Å². The van der Waals surface area contributed by atoms with E-state index in [1.54, 1.807) is 0 Å². The molecule has 3 N–H and O–H groups in total. The van der Waals surface area contributed by atoms with E-state index in [-0.39, 0.29) is 21.3 Å². The van der Waals surface area contributed by atoms with Gasteiger partial charge < -0.3 is 25.1 Å². The number of alkyl halides is 1. The van der Waals surface area contributed by atoms with Gasteiger partial charge in [-0.3, -0.25) is 9.80 Å². The third-order valence-electron chi connectivity index (χ3n) is 8.30. The van der Waals surface area contributed by atoms with Crippen molar-refractivity contribution in [1.29, 1.82) is 0 Å². The number of carboxylic acids is 2. The molecule has 0 amide bonds. The molecule has 56 heavy (non-hydrogen) atoms. The summed E-state index contributed by atoms with van der Waals surface area (Å²) in [6, 6.07) is 3.96. The number of carbonyl (C=O) groups is 2. The number of rotatable bonds is 12. The molecule has 0 atom stereocenters. The van der Waals surface area contributed by atoms with Crippen molar-refractivity contribution >= 4 is 129 Å². The van der Waals surface area contributed by atoms with Crippen LogP contribution in [0.4, 0.5) is 11.6 Å². The maximum atomic E-state index is 11.0. The van der Waals surface area contributed by atoms with E-state index in [4.69, 9.17) is 15.3 Å². The number of aromatic nitrogens is 6. The fourth-order valence-corrected chi connectivity index (χ4v) is 7.42. The van der Waals surface area contributed by atoms with Gasteiger partial charge in [-0.25, -0.2) is 39.5 Å². The average molecular weight is 1300 g/mol. The van der Waals surface area contributed by atoms with Gasteiger partial charge in [-0.05, 0) is 31.7 Å². The molecule has 0 spiro atoms. The number of hydrogen-bond acceptors (Lipinski definition) is 15. The van der Waals surface area contributed by atoms with E-state index in [1.165, 1.54) is 41.5 Å². The number of β-amino-alcohol motifs (C(OH)–C–C–N with tert-alkyl or cyclic N) is 1. The Balaban J connectivity index is 0.000000264. The first-order valence-electron chi connectivity index (χ1n) is 17.6. The normalized spacial score (nSPS) is 14.6. The van der Waals surface area contributed by atoms with Crippen molar-refractivity contribution in [3.8, 4) is 0 Å². The standard InChI is InChI=1S/C17H23N5O2S.C16H21N5O3S.CH3I.3HI.V/c1-3-4-21-5-7-22(8-6-21)15-9-13(19-12(2)20-15)10-16-18-11-14(25-16)17(23)24;1-11-18-12(9-15-17-10-13(25-15)16(23)24)8-14(19-11)21-4-2-20(3-5-21)6-7-22;1-2;;;;/h9,11H,3-8,10H2,1-2H3,(H,23,24);8,10,22H,2-7,9H2,1H3,(H,23,24);1H3;3*1H;/q;;;;;;+3/p-3. The van der Waals surface area contributed by atoms with Crippen LogP contribution in [0.25, 0.3) is 0 Å². The second-order valence-corrected chi connectivity index (χ2v) is 49.9. The fourth-order valence-electron chi connectivity index (χ4n) is 5.88. The van der Waals surface area contributed by atoms with Gasteiger partial charge in [0.1, 0.15) is 33.0 Å². The number of nitrogens with zero attached hydrogens (tertiary/aromatic N) is 10. The molecule has 0 radical (unpaired) electrons. The van der Waals surface area contributed by atoms with Crippen LogP contribution in [0.1, 0.15) is 65.7 Å². The van der Waals surface area contributed by atoms with Crippen molar-refractivity contribution in [3.63, 3.8) is 0 Å². The number of carboxylic acid groups (broad SMARTS) is 2. The average Bonchev–Trinajstić information content (AvgIpc) is 3.83. The zero-order valence-corrected chi connectivity index (χ0v) is 43.3. The van der Waals surface area contributed by atoms with Crippen molar-refractivity contribution in [1.82, 2.24) is 39.7 Å². The van der Waals surface area contributed by atoms with Gasteiger partial charge >= 0.3 is 76.8 Å². The van der Waals surface area contributed by atoms with Crippen LogP contribution in [0.3, 0.4) is 0 Å². The van der Waals surface area contributed by atoms with Gasteiger partial charge in [0.05, 0.1) is 40.4 Å². The second kappa shape index (κ2) is 26.5. The van der Waals surface area contributed by atoms with Crippen molar-refractivity contribution in [2.45, 2.75) is 40.0 Å². The molecule has 0 aliphatic carbocycles. The number of aryl methyl sites for hydroxylation is 2. The molecule has 0 bridgehead atoms. The Bertz CT molecular complexity index is 1680. The summed E-state index contributed by atoms with van der Waals surface area (Å²) < 4.78 is 0. The summed E-state index contributed by atoms with van der Waals surface area (Å²) in [5.74, 6) is 1.38. The summed E-state index contributed by atoms with van der Waals surface area (Å²) in [6.07, 6.45) is 5.01. The van der Waals surface area contributed by atoms with Crippen molar-refractivity contribution in [3.05, 3.63) is 67.3 Å². The first kappa shape index (κ1) is 49.7. The molecule has 4 aromatic heterocycles. The van der Waals surface area contributed by atoms with Crippen LogP contribution in [0.2, 0.25) is 0 Å². The first-order valence-corrected chi connectivity index (χ1v) is 34.9. The van der Waals surface area contributed by atoms with Crippen molar-refractivity contribution < 1.29 is 29.8 Å². The molecule has 308 valence electrons. The van der Waals surface area contributed by atoms with Gasteiger partial charge in [0.15, 0.2) is 0 Å². The van der Waals surface area contributed by atoms with E-state index in [0.717, 1.165) is 97.8 Å². The Morgan fingerprint density at radius 2 is 1.07 bits per heavy atom. The second-order valence-electron chi connectivity index (χ2n) is 12.3. The van der Waals surface area contributed by atoms with Crippen LogP contribution in [0.5, 0.6) is 0 Å². The Morgan fingerprint density at radius 1 is 0.696 bits per heavy atom. The van der Waals surface area contributed by atoms with Gasteiger partial charge in [0.2, 0.25) is 0 Å². The minimum absolute atomic E-state index is 0.183. The third-order valence-corrected chi connectivity index (χ3v) is 10.3. The van der Waals surface area contributed by atoms with Gasteiger partial charge in [-0.1, -0.05) is 29.5 Å². The topological polar surface area (TPSA) is 185 Å². The predicted octanol–water partition coefficient (Wildman–Crippen LogP) is 6.41.